The topological polar surface area (TPSA) is 55.1 Å². The molecule has 1 aromatic carbocycles. The van der Waals surface area contributed by atoms with Gasteiger partial charge in [0, 0.05) is 17.5 Å². The number of hydrogen-bond donors (Lipinski definition) is 2. The van der Waals surface area contributed by atoms with Gasteiger partial charge in [0.15, 0.2) is 0 Å². The second-order valence-corrected chi connectivity index (χ2v) is 4.77. The van der Waals surface area contributed by atoms with Crippen LogP contribution >= 0.6 is 11.8 Å². The fourth-order valence-corrected chi connectivity index (χ4v) is 2.07. The Balaban J connectivity index is 2.27. The Bertz CT molecular complexity index is 356. The van der Waals surface area contributed by atoms with Crippen LogP contribution in [-0.2, 0) is 4.79 Å². The third kappa shape index (κ3) is 5.70. The fourth-order valence-electron chi connectivity index (χ4n) is 1.15. The SMILES string of the molecule is CCC(N)CSCC(=O)Nc1ccc(F)cc1. The Kier molecular flexibility index (Phi) is 6.00. The molecule has 1 rings (SSSR count). The van der Waals surface area contributed by atoms with Crippen LogP contribution in [0.15, 0.2) is 24.3 Å². The van der Waals surface area contributed by atoms with Gasteiger partial charge in [-0.1, -0.05) is 6.92 Å². The lowest BCUT2D eigenvalue weighted by Gasteiger charge is -2.08. The highest BCUT2D eigenvalue weighted by Crippen LogP contribution is 2.10. The molecule has 3 N–H and O–H groups in total. The van der Waals surface area contributed by atoms with Gasteiger partial charge in [0.05, 0.1) is 5.75 Å². The summed E-state index contributed by atoms with van der Waals surface area (Å²) in [5.74, 6) is 0.731. The normalized spacial score (nSPS) is 12.2. The molecule has 5 heteroatoms. The monoisotopic (exact) mass is 256 g/mol. The molecule has 1 unspecified atom stereocenters. The number of carbonyl (C=O) groups is 1. The molecule has 0 aromatic heterocycles. The summed E-state index contributed by atoms with van der Waals surface area (Å²) in [4.78, 5) is 11.5. The summed E-state index contributed by atoms with van der Waals surface area (Å²) < 4.78 is 12.6. The van der Waals surface area contributed by atoms with E-state index in [2.05, 4.69) is 5.32 Å². The van der Waals surface area contributed by atoms with Crippen LogP contribution in [0.2, 0.25) is 0 Å². The van der Waals surface area contributed by atoms with E-state index < -0.39 is 0 Å². The van der Waals surface area contributed by atoms with E-state index in [0.29, 0.717) is 11.4 Å². The maximum absolute atomic E-state index is 12.6. The number of benzene rings is 1. The van der Waals surface area contributed by atoms with Crippen LogP contribution in [-0.4, -0.2) is 23.5 Å². The van der Waals surface area contributed by atoms with Crippen molar-refractivity contribution in [3.05, 3.63) is 30.1 Å². The van der Waals surface area contributed by atoms with Gasteiger partial charge >= 0.3 is 0 Å². The van der Waals surface area contributed by atoms with Gasteiger partial charge in [-0.2, -0.15) is 11.8 Å². The Morgan fingerprint density at radius 2 is 2.12 bits per heavy atom. The van der Waals surface area contributed by atoms with Crippen molar-refractivity contribution in [3.63, 3.8) is 0 Å². The third-order valence-corrected chi connectivity index (χ3v) is 3.35. The number of anilines is 1. The van der Waals surface area contributed by atoms with Crippen LogP contribution in [0.3, 0.4) is 0 Å². The van der Waals surface area contributed by atoms with E-state index >= 15 is 0 Å². The number of carbonyl (C=O) groups excluding carboxylic acids is 1. The van der Waals surface area contributed by atoms with Crippen molar-refractivity contribution < 1.29 is 9.18 Å². The number of amides is 1. The lowest BCUT2D eigenvalue weighted by Crippen LogP contribution is -2.23. The van der Waals surface area contributed by atoms with E-state index in [9.17, 15) is 9.18 Å². The number of thioether (sulfide) groups is 1. The summed E-state index contributed by atoms with van der Waals surface area (Å²) in [7, 11) is 0. The minimum atomic E-state index is -0.314. The van der Waals surface area contributed by atoms with Crippen molar-refractivity contribution in [2.75, 3.05) is 16.8 Å². The zero-order valence-electron chi connectivity index (χ0n) is 9.78. The molecule has 3 nitrogen and oxygen atoms in total. The molecule has 0 bridgehead atoms. The van der Waals surface area contributed by atoms with Crippen LogP contribution in [0.4, 0.5) is 10.1 Å². The highest BCUT2D eigenvalue weighted by atomic mass is 32.2. The Morgan fingerprint density at radius 3 is 2.71 bits per heavy atom. The van der Waals surface area contributed by atoms with E-state index in [4.69, 9.17) is 5.73 Å². The minimum absolute atomic E-state index is 0.0927. The molecular weight excluding hydrogens is 239 g/mol. The molecule has 0 aliphatic carbocycles. The predicted molar refractivity (Wildman–Crippen MR) is 70.6 cm³/mol. The van der Waals surface area contributed by atoms with Gasteiger partial charge < -0.3 is 11.1 Å². The van der Waals surface area contributed by atoms with Crippen LogP contribution in [0.25, 0.3) is 0 Å². The Morgan fingerprint density at radius 1 is 1.47 bits per heavy atom. The molecule has 0 radical (unpaired) electrons. The van der Waals surface area contributed by atoms with Gasteiger partial charge in [0.2, 0.25) is 5.91 Å². The Labute approximate surface area is 105 Å². The van der Waals surface area contributed by atoms with Crippen LogP contribution < -0.4 is 11.1 Å². The molecule has 1 atom stereocenters. The summed E-state index contributed by atoms with van der Waals surface area (Å²) in [5, 5.41) is 2.69. The maximum Gasteiger partial charge on any atom is 0.234 e. The second kappa shape index (κ2) is 7.29. The summed E-state index contributed by atoms with van der Waals surface area (Å²) >= 11 is 1.51. The molecule has 0 aliphatic rings. The first-order valence-electron chi connectivity index (χ1n) is 5.50. The first-order valence-corrected chi connectivity index (χ1v) is 6.66. The average molecular weight is 256 g/mol. The first-order chi connectivity index (χ1) is 8.11. The number of nitrogens with two attached hydrogens (primary N) is 1. The zero-order valence-corrected chi connectivity index (χ0v) is 10.6. The summed E-state index contributed by atoms with van der Waals surface area (Å²) in [6.45, 7) is 2.02. The molecule has 17 heavy (non-hydrogen) atoms. The zero-order chi connectivity index (χ0) is 12.7. The van der Waals surface area contributed by atoms with E-state index in [0.717, 1.165) is 12.2 Å². The van der Waals surface area contributed by atoms with Crippen molar-refractivity contribution in [2.45, 2.75) is 19.4 Å². The van der Waals surface area contributed by atoms with Crippen molar-refractivity contribution >= 4 is 23.4 Å². The molecular formula is C12H17FN2OS. The molecule has 0 aliphatic heterocycles. The van der Waals surface area contributed by atoms with Crippen LogP contribution in [0, 0.1) is 5.82 Å². The third-order valence-electron chi connectivity index (χ3n) is 2.22. The second-order valence-electron chi connectivity index (χ2n) is 3.74. The summed E-state index contributed by atoms with van der Waals surface area (Å²) in [6, 6.07) is 5.84. The van der Waals surface area contributed by atoms with E-state index in [-0.39, 0.29) is 17.8 Å². The van der Waals surface area contributed by atoms with Crippen molar-refractivity contribution in [1.82, 2.24) is 0 Å². The molecule has 94 valence electrons. The number of nitrogens with one attached hydrogen (secondary N) is 1. The minimum Gasteiger partial charge on any atom is -0.327 e. The maximum atomic E-state index is 12.6. The smallest absolute Gasteiger partial charge is 0.234 e. The molecule has 1 amide bonds. The van der Waals surface area contributed by atoms with Crippen molar-refractivity contribution in [1.29, 1.82) is 0 Å². The molecule has 0 spiro atoms. The lowest BCUT2D eigenvalue weighted by molar-refractivity contribution is -0.113. The number of rotatable bonds is 6. The summed E-state index contributed by atoms with van der Waals surface area (Å²) in [6.07, 6.45) is 0.909. The fraction of sp³-hybridized carbons (Fsp3) is 0.417. The van der Waals surface area contributed by atoms with Gasteiger partial charge in [-0.3, -0.25) is 4.79 Å². The predicted octanol–water partition coefficient (Wildman–Crippen LogP) is 2.23. The molecule has 0 heterocycles. The molecule has 0 fully saturated rings. The van der Waals surface area contributed by atoms with E-state index in [1.807, 2.05) is 6.92 Å². The van der Waals surface area contributed by atoms with E-state index in [1.54, 1.807) is 0 Å². The quantitative estimate of drug-likeness (QED) is 0.820. The van der Waals surface area contributed by atoms with Gasteiger partial charge in [0.25, 0.3) is 0 Å². The van der Waals surface area contributed by atoms with Gasteiger partial charge in [-0.15, -0.1) is 0 Å². The first kappa shape index (κ1) is 14.0. The number of halogens is 1. The Hall–Kier alpha value is -1.07. The highest BCUT2D eigenvalue weighted by Gasteiger charge is 2.05. The lowest BCUT2D eigenvalue weighted by atomic mass is 10.3. The molecule has 0 saturated carbocycles. The molecule has 0 saturated heterocycles. The highest BCUT2D eigenvalue weighted by molar-refractivity contribution is 8.00. The van der Waals surface area contributed by atoms with Gasteiger partial charge in [-0.25, -0.2) is 4.39 Å². The van der Waals surface area contributed by atoms with Gasteiger partial charge in [0.1, 0.15) is 5.82 Å². The standard InChI is InChI=1S/C12H17FN2OS/c1-2-10(14)7-17-8-12(16)15-11-5-3-9(13)4-6-11/h3-6,10H,2,7-8,14H2,1H3,(H,15,16). The summed E-state index contributed by atoms with van der Waals surface area (Å²) in [5.41, 5.74) is 6.34. The average Bonchev–Trinajstić information content (AvgIpc) is 2.32. The number of hydrogen-bond acceptors (Lipinski definition) is 3. The largest absolute Gasteiger partial charge is 0.327 e. The molecule has 1 aromatic rings. The van der Waals surface area contributed by atoms with E-state index in [1.165, 1.54) is 36.0 Å². The van der Waals surface area contributed by atoms with Crippen LogP contribution in [0.1, 0.15) is 13.3 Å². The van der Waals surface area contributed by atoms with Crippen LogP contribution in [0.5, 0.6) is 0 Å². The van der Waals surface area contributed by atoms with Crippen molar-refractivity contribution in [3.8, 4) is 0 Å². The van der Waals surface area contributed by atoms with Gasteiger partial charge in [-0.05, 0) is 30.7 Å². The van der Waals surface area contributed by atoms with Crippen molar-refractivity contribution in [2.24, 2.45) is 5.73 Å².